The molecule has 1 aliphatic rings. The van der Waals surface area contributed by atoms with Crippen molar-refractivity contribution in [3.05, 3.63) is 89.5 Å². The molecule has 0 radical (unpaired) electrons. The third kappa shape index (κ3) is 5.04. The molecule has 0 bridgehead atoms. The predicted octanol–water partition coefficient (Wildman–Crippen LogP) is 4.26. The molecular formula is C25H24N2O4. The van der Waals surface area contributed by atoms with E-state index in [0.29, 0.717) is 36.7 Å². The second kappa shape index (κ2) is 9.34. The summed E-state index contributed by atoms with van der Waals surface area (Å²) in [5.41, 5.74) is 3.24. The lowest BCUT2D eigenvalue weighted by Gasteiger charge is -2.23. The van der Waals surface area contributed by atoms with Gasteiger partial charge in [-0.25, -0.2) is 0 Å². The van der Waals surface area contributed by atoms with Crippen LogP contribution >= 0.6 is 0 Å². The quantitative estimate of drug-likeness (QED) is 0.625. The van der Waals surface area contributed by atoms with Crippen molar-refractivity contribution < 1.29 is 19.1 Å². The molecule has 0 saturated carbocycles. The molecule has 3 aromatic rings. The van der Waals surface area contributed by atoms with Crippen LogP contribution in [0, 0.1) is 0 Å². The van der Waals surface area contributed by atoms with E-state index in [0.717, 1.165) is 16.9 Å². The molecule has 6 heteroatoms. The fourth-order valence-electron chi connectivity index (χ4n) is 3.37. The fraction of sp³-hybridized carbons (Fsp3) is 0.200. The molecule has 0 aromatic heterocycles. The van der Waals surface area contributed by atoms with Crippen LogP contribution in [0.25, 0.3) is 0 Å². The average molecular weight is 416 g/mol. The summed E-state index contributed by atoms with van der Waals surface area (Å²) in [6.45, 7) is 3.48. The maximum Gasteiger partial charge on any atom is 0.262 e. The number of anilines is 1. The van der Waals surface area contributed by atoms with Gasteiger partial charge in [-0.1, -0.05) is 42.5 Å². The van der Waals surface area contributed by atoms with Crippen LogP contribution in [0.5, 0.6) is 11.5 Å². The Bertz CT molecular complexity index is 1060. The van der Waals surface area contributed by atoms with Crippen molar-refractivity contribution in [1.29, 1.82) is 0 Å². The Morgan fingerprint density at radius 2 is 1.81 bits per heavy atom. The Balaban J connectivity index is 1.39. The summed E-state index contributed by atoms with van der Waals surface area (Å²) in [6.07, 6.45) is 0. The number of rotatable bonds is 7. The zero-order chi connectivity index (χ0) is 21.6. The molecule has 0 aliphatic carbocycles. The van der Waals surface area contributed by atoms with Crippen LogP contribution in [0.3, 0.4) is 0 Å². The van der Waals surface area contributed by atoms with E-state index in [-0.39, 0.29) is 18.4 Å². The topological polar surface area (TPSA) is 67.9 Å². The molecule has 1 heterocycles. The van der Waals surface area contributed by atoms with Crippen LogP contribution < -0.4 is 14.8 Å². The Labute approximate surface area is 181 Å². The van der Waals surface area contributed by atoms with E-state index >= 15 is 0 Å². The van der Waals surface area contributed by atoms with Gasteiger partial charge in [0, 0.05) is 18.7 Å². The second-order valence-electron chi connectivity index (χ2n) is 7.29. The molecule has 0 saturated heterocycles. The van der Waals surface area contributed by atoms with Crippen LogP contribution in [-0.2, 0) is 17.9 Å². The Hall–Kier alpha value is -3.80. The van der Waals surface area contributed by atoms with Crippen molar-refractivity contribution in [2.24, 2.45) is 0 Å². The highest BCUT2D eigenvalue weighted by atomic mass is 16.5. The van der Waals surface area contributed by atoms with Crippen LogP contribution in [0.4, 0.5) is 5.69 Å². The number of amides is 2. The maximum atomic E-state index is 13.0. The lowest BCUT2D eigenvalue weighted by molar-refractivity contribution is -0.118. The Kier molecular flexibility index (Phi) is 6.17. The molecule has 0 spiro atoms. The number of carbonyl (C=O) groups is 2. The van der Waals surface area contributed by atoms with Gasteiger partial charge in [-0.2, -0.15) is 0 Å². The number of nitrogens with zero attached hydrogens (tertiary/aromatic N) is 1. The van der Waals surface area contributed by atoms with E-state index in [1.807, 2.05) is 61.5 Å². The molecule has 0 unspecified atom stereocenters. The molecule has 0 fully saturated rings. The highest BCUT2D eigenvalue weighted by molar-refractivity contribution is 5.99. The molecule has 1 aliphatic heterocycles. The Morgan fingerprint density at radius 3 is 2.55 bits per heavy atom. The van der Waals surface area contributed by atoms with Crippen molar-refractivity contribution in [2.45, 2.75) is 20.1 Å². The normalized spacial score (nSPS) is 12.4. The van der Waals surface area contributed by atoms with Gasteiger partial charge < -0.3 is 19.7 Å². The third-order valence-electron chi connectivity index (χ3n) is 5.08. The van der Waals surface area contributed by atoms with Gasteiger partial charge in [0.15, 0.2) is 6.61 Å². The first-order valence-electron chi connectivity index (χ1n) is 10.2. The number of carbonyl (C=O) groups excluding carboxylic acids is 2. The minimum Gasteiger partial charge on any atom is -0.489 e. The van der Waals surface area contributed by atoms with Gasteiger partial charge in [-0.3, -0.25) is 9.59 Å². The second-order valence-corrected chi connectivity index (χ2v) is 7.29. The van der Waals surface area contributed by atoms with E-state index in [9.17, 15) is 9.59 Å². The molecule has 2 amide bonds. The van der Waals surface area contributed by atoms with Gasteiger partial charge in [0.2, 0.25) is 0 Å². The van der Waals surface area contributed by atoms with Gasteiger partial charge in [0.05, 0.1) is 5.69 Å². The molecular weight excluding hydrogens is 392 g/mol. The predicted molar refractivity (Wildman–Crippen MR) is 118 cm³/mol. The number of ether oxygens (including phenoxy) is 2. The summed E-state index contributed by atoms with van der Waals surface area (Å²) in [5.74, 6) is 1.02. The van der Waals surface area contributed by atoms with E-state index < -0.39 is 0 Å². The van der Waals surface area contributed by atoms with Crippen molar-refractivity contribution in [3.63, 3.8) is 0 Å². The van der Waals surface area contributed by atoms with E-state index in [1.54, 1.807) is 23.1 Å². The number of nitrogens with one attached hydrogen (secondary N) is 1. The Morgan fingerprint density at radius 1 is 1.03 bits per heavy atom. The van der Waals surface area contributed by atoms with Gasteiger partial charge in [0.1, 0.15) is 18.1 Å². The molecule has 0 atom stereocenters. The van der Waals surface area contributed by atoms with E-state index in [2.05, 4.69) is 5.32 Å². The highest BCUT2D eigenvalue weighted by Crippen LogP contribution is 2.29. The smallest absolute Gasteiger partial charge is 0.262 e. The summed E-state index contributed by atoms with van der Waals surface area (Å²) >= 11 is 0. The SMILES string of the molecule is CCN(Cc1ccc(OCc2ccccc2)cc1)C(=O)c1ccc2c(c1)OCC(=O)N2. The van der Waals surface area contributed by atoms with Gasteiger partial charge in [-0.05, 0) is 48.4 Å². The lowest BCUT2D eigenvalue weighted by Crippen LogP contribution is -2.31. The average Bonchev–Trinajstić information content (AvgIpc) is 2.82. The summed E-state index contributed by atoms with van der Waals surface area (Å²) in [6, 6.07) is 22.9. The first kappa shape index (κ1) is 20.5. The molecule has 158 valence electrons. The molecule has 1 N–H and O–H groups in total. The minimum absolute atomic E-state index is 0.0408. The number of hydrogen-bond acceptors (Lipinski definition) is 4. The summed E-state index contributed by atoms with van der Waals surface area (Å²) < 4.78 is 11.3. The van der Waals surface area contributed by atoms with Crippen molar-refractivity contribution in [3.8, 4) is 11.5 Å². The molecule has 31 heavy (non-hydrogen) atoms. The largest absolute Gasteiger partial charge is 0.489 e. The van der Waals surface area contributed by atoms with Crippen LogP contribution in [-0.4, -0.2) is 29.9 Å². The maximum absolute atomic E-state index is 13.0. The van der Waals surface area contributed by atoms with Crippen molar-refractivity contribution in [2.75, 3.05) is 18.5 Å². The molecule has 3 aromatic carbocycles. The highest BCUT2D eigenvalue weighted by Gasteiger charge is 2.20. The zero-order valence-corrected chi connectivity index (χ0v) is 17.3. The summed E-state index contributed by atoms with van der Waals surface area (Å²) in [4.78, 5) is 26.2. The van der Waals surface area contributed by atoms with Gasteiger partial charge in [-0.15, -0.1) is 0 Å². The van der Waals surface area contributed by atoms with Gasteiger partial charge in [0.25, 0.3) is 11.8 Å². The van der Waals surface area contributed by atoms with Crippen molar-refractivity contribution in [1.82, 2.24) is 4.90 Å². The van der Waals surface area contributed by atoms with E-state index in [1.165, 1.54) is 0 Å². The summed E-state index contributed by atoms with van der Waals surface area (Å²) in [7, 11) is 0. The van der Waals surface area contributed by atoms with Crippen LogP contribution in [0.2, 0.25) is 0 Å². The number of hydrogen-bond donors (Lipinski definition) is 1. The van der Waals surface area contributed by atoms with Crippen molar-refractivity contribution >= 4 is 17.5 Å². The standard InChI is InChI=1S/C25H24N2O4/c1-2-27(25(29)20-10-13-22-23(14-20)31-17-24(28)26-22)15-18-8-11-21(12-9-18)30-16-19-6-4-3-5-7-19/h3-14H,2,15-17H2,1H3,(H,26,28). The number of fused-ring (bicyclic) bond motifs is 1. The molecule has 4 rings (SSSR count). The first-order valence-corrected chi connectivity index (χ1v) is 10.2. The lowest BCUT2D eigenvalue weighted by atomic mass is 10.1. The van der Waals surface area contributed by atoms with Gasteiger partial charge >= 0.3 is 0 Å². The minimum atomic E-state index is -0.196. The first-order chi connectivity index (χ1) is 15.1. The molecule has 6 nitrogen and oxygen atoms in total. The van der Waals surface area contributed by atoms with E-state index in [4.69, 9.17) is 9.47 Å². The fourth-order valence-corrected chi connectivity index (χ4v) is 3.37. The third-order valence-corrected chi connectivity index (χ3v) is 5.08. The summed E-state index contributed by atoms with van der Waals surface area (Å²) in [5, 5.41) is 2.73. The number of benzene rings is 3. The van der Waals surface area contributed by atoms with Crippen LogP contribution in [0.15, 0.2) is 72.8 Å². The monoisotopic (exact) mass is 416 g/mol. The van der Waals surface area contributed by atoms with Crippen LogP contribution in [0.1, 0.15) is 28.4 Å². The zero-order valence-electron chi connectivity index (χ0n) is 17.3.